The van der Waals surface area contributed by atoms with Crippen LogP contribution in [0.15, 0.2) is 68.6 Å². The van der Waals surface area contributed by atoms with Gasteiger partial charge in [0.1, 0.15) is 11.8 Å². The lowest BCUT2D eigenvalue weighted by molar-refractivity contribution is 0.102. The van der Waals surface area contributed by atoms with Gasteiger partial charge in [-0.15, -0.1) is 11.8 Å². The van der Waals surface area contributed by atoms with E-state index in [2.05, 4.69) is 15.9 Å². The molecule has 4 heteroatoms. The number of benzene rings is 2. The second-order valence-electron chi connectivity index (χ2n) is 4.31. The summed E-state index contributed by atoms with van der Waals surface area (Å²) in [5.41, 5.74) is 1.41. The maximum absolute atomic E-state index is 12.3. The molecule has 2 nitrogen and oxygen atoms in total. The van der Waals surface area contributed by atoms with E-state index in [0.29, 0.717) is 11.3 Å². The Labute approximate surface area is 129 Å². The first kappa shape index (κ1) is 13.5. The van der Waals surface area contributed by atoms with Crippen molar-refractivity contribution in [3.05, 3.63) is 64.8 Å². The fourth-order valence-corrected chi connectivity index (χ4v) is 3.37. The van der Waals surface area contributed by atoms with Crippen molar-refractivity contribution in [3.63, 3.8) is 0 Å². The number of Topliss-reactive ketones (excluding diaryl/α,β-unsaturated/α-hetero) is 1. The lowest BCUT2D eigenvalue weighted by Gasteiger charge is -2.01. The van der Waals surface area contributed by atoms with Gasteiger partial charge in [-0.25, -0.2) is 0 Å². The van der Waals surface area contributed by atoms with E-state index in [-0.39, 0.29) is 5.78 Å². The first-order valence-electron chi connectivity index (χ1n) is 6.12. The van der Waals surface area contributed by atoms with Gasteiger partial charge >= 0.3 is 0 Å². The zero-order valence-corrected chi connectivity index (χ0v) is 12.9. The summed E-state index contributed by atoms with van der Waals surface area (Å²) in [5.74, 6) is 0.486. The van der Waals surface area contributed by atoms with Gasteiger partial charge in [0.2, 0.25) is 0 Å². The predicted octanol–water partition coefficient (Wildman–Crippen LogP) is 5.17. The average Bonchev–Trinajstić information content (AvgIpc) is 2.89. The third kappa shape index (κ3) is 2.81. The van der Waals surface area contributed by atoms with Gasteiger partial charge in [0.25, 0.3) is 0 Å². The van der Waals surface area contributed by atoms with E-state index in [9.17, 15) is 4.79 Å². The zero-order chi connectivity index (χ0) is 13.9. The van der Waals surface area contributed by atoms with Crippen LogP contribution in [0.2, 0.25) is 0 Å². The van der Waals surface area contributed by atoms with Gasteiger partial charge < -0.3 is 4.42 Å². The largest absolute Gasteiger partial charge is 0.464 e. The molecule has 0 amide bonds. The Balaban J connectivity index is 1.76. The Morgan fingerprint density at radius 2 is 2.00 bits per heavy atom. The topological polar surface area (TPSA) is 30.2 Å². The van der Waals surface area contributed by atoms with E-state index < -0.39 is 0 Å². The smallest absolute Gasteiger partial charge is 0.176 e. The minimum absolute atomic E-state index is 0.0833. The summed E-state index contributed by atoms with van der Waals surface area (Å²) in [7, 11) is 0. The molecule has 2 aromatic carbocycles. The number of carbonyl (C=O) groups is 1. The third-order valence-electron chi connectivity index (χ3n) is 2.95. The van der Waals surface area contributed by atoms with E-state index in [4.69, 9.17) is 4.42 Å². The lowest BCUT2D eigenvalue weighted by Crippen LogP contribution is -2.01. The van der Waals surface area contributed by atoms with Crippen LogP contribution in [-0.4, -0.2) is 11.5 Å². The Morgan fingerprint density at radius 3 is 2.85 bits per heavy atom. The van der Waals surface area contributed by atoms with Gasteiger partial charge in [-0.1, -0.05) is 40.2 Å². The third-order valence-corrected chi connectivity index (χ3v) is 4.43. The van der Waals surface area contributed by atoms with Crippen LogP contribution in [0, 0.1) is 0 Å². The number of rotatable bonds is 4. The van der Waals surface area contributed by atoms with E-state index in [1.165, 1.54) is 11.8 Å². The number of furan rings is 1. The first-order valence-corrected chi connectivity index (χ1v) is 7.90. The van der Waals surface area contributed by atoms with Crippen molar-refractivity contribution >= 4 is 44.4 Å². The van der Waals surface area contributed by atoms with Gasteiger partial charge in [0.15, 0.2) is 5.78 Å². The zero-order valence-electron chi connectivity index (χ0n) is 10.5. The van der Waals surface area contributed by atoms with Crippen molar-refractivity contribution in [1.29, 1.82) is 0 Å². The summed E-state index contributed by atoms with van der Waals surface area (Å²) >= 11 is 4.96. The van der Waals surface area contributed by atoms with Crippen LogP contribution in [-0.2, 0) is 0 Å². The molecule has 0 radical (unpaired) electrons. The highest BCUT2D eigenvalue weighted by Crippen LogP contribution is 2.26. The van der Waals surface area contributed by atoms with Gasteiger partial charge in [-0.05, 0) is 24.3 Å². The molecule has 0 N–H and O–H groups in total. The predicted molar refractivity (Wildman–Crippen MR) is 85.4 cm³/mol. The first-order chi connectivity index (χ1) is 9.74. The molecule has 0 unspecified atom stereocenters. The summed E-state index contributed by atoms with van der Waals surface area (Å²) < 4.78 is 6.42. The Kier molecular flexibility index (Phi) is 3.94. The molecule has 0 saturated carbocycles. The number of para-hydroxylation sites is 1. The highest BCUT2D eigenvalue weighted by atomic mass is 79.9. The second kappa shape index (κ2) is 5.85. The molecule has 0 aliphatic rings. The molecule has 0 bridgehead atoms. The molecule has 3 rings (SSSR count). The summed E-state index contributed by atoms with van der Waals surface area (Å²) in [6.07, 6.45) is 1.55. The number of halogens is 1. The van der Waals surface area contributed by atoms with Crippen molar-refractivity contribution in [1.82, 2.24) is 0 Å². The second-order valence-corrected chi connectivity index (χ2v) is 6.28. The van der Waals surface area contributed by atoms with Gasteiger partial charge in [0.05, 0.1) is 11.3 Å². The Bertz CT molecular complexity index is 764. The molecule has 1 heterocycles. The summed E-state index contributed by atoms with van der Waals surface area (Å²) in [6, 6.07) is 15.5. The molecular formula is C16H11BrO2S. The van der Waals surface area contributed by atoms with E-state index >= 15 is 0 Å². The van der Waals surface area contributed by atoms with Crippen LogP contribution in [0.4, 0.5) is 0 Å². The van der Waals surface area contributed by atoms with E-state index in [1.807, 2.05) is 48.5 Å². The van der Waals surface area contributed by atoms with Crippen molar-refractivity contribution in [3.8, 4) is 0 Å². The van der Waals surface area contributed by atoms with E-state index in [0.717, 1.165) is 20.3 Å². The highest BCUT2D eigenvalue weighted by Gasteiger charge is 2.13. The molecule has 100 valence electrons. The van der Waals surface area contributed by atoms with Crippen molar-refractivity contribution in [2.24, 2.45) is 0 Å². The number of ketones is 1. The van der Waals surface area contributed by atoms with Gasteiger partial charge in [0, 0.05) is 14.8 Å². The molecule has 0 spiro atoms. The van der Waals surface area contributed by atoms with Gasteiger partial charge in [-0.3, -0.25) is 4.79 Å². The van der Waals surface area contributed by atoms with Crippen LogP contribution in [0.25, 0.3) is 11.0 Å². The fraction of sp³-hybridized carbons (Fsp3) is 0.0625. The Morgan fingerprint density at radius 1 is 1.15 bits per heavy atom. The summed E-state index contributed by atoms with van der Waals surface area (Å²) in [4.78, 5) is 13.4. The maximum atomic E-state index is 12.3. The average molecular weight is 347 g/mol. The normalized spacial score (nSPS) is 10.8. The van der Waals surface area contributed by atoms with Crippen LogP contribution in [0.5, 0.6) is 0 Å². The minimum Gasteiger partial charge on any atom is -0.464 e. The van der Waals surface area contributed by atoms with Crippen LogP contribution >= 0.6 is 27.7 Å². The summed E-state index contributed by atoms with van der Waals surface area (Å²) in [6.45, 7) is 0. The quantitative estimate of drug-likeness (QED) is 0.482. The maximum Gasteiger partial charge on any atom is 0.176 e. The number of carbonyl (C=O) groups excluding carboxylic acids is 1. The standard InChI is InChI=1S/C16H11BrO2S/c17-11-4-3-5-12(8-11)20-10-15(18)14-9-19-16-7-2-1-6-13(14)16/h1-9H,10H2. The molecule has 0 aliphatic carbocycles. The van der Waals surface area contributed by atoms with Crippen molar-refractivity contribution < 1.29 is 9.21 Å². The van der Waals surface area contributed by atoms with Crippen LogP contribution in [0.1, 0.15) is 10.4 Å². The highest BCUT2D eigenvalue weighted by molar-refractivity contribution is 9.10. The van der Waals surface area contributed by atoms with Crippen LogP contribution in [0.3, 0.4) is 0 Å². The molecule has 0 atom stereocenters. The molecule has 0 aliphatic heterocycles. The molecule has 20 heavy (non-hydrogen) atoms. The molecule has 0 fully saturated rings. The van der Waals surface area contributed by atoms with Crippen LogP contribution < -0.4 is 0 Å². The Hall–Kier alpha value is -1.52. The number of thioether (sulfide) groups is 1. The molecule has 3 aromatic rings. The molecular weight excluding hydrogens is 336 g/mol. The van der Waals surface area contributed by atoms with E-state index in [1.54, 1.807) is 6.26 Å². The minimum atomic E-state index is 0.0833. The number of fused-ring (bicyclic) bond motifs is 1. The number of hydrogen-bond donors (Lipinski definition) is 0. The number of hydrogen-bond acceptors (Lipinski definition) is 3. The molecule has 1 aromatic heterocycles. The monoisotopic (exact) mass is 346 g/mol. The van der Waals surface area contributed by atoms with Crippen molar-refractivity contribution in [2.75, 3.05) is 5.75 Å². The van der Waals surface area contributed by atoms with Crippen molar-refractivity contribution in [2.45, 2.75) is 4.90 Å². The summed E-state index contributed by atoms with van der Waals surface area (Å²) in [5, 5.41) is 0.882. The lowest BCUT2D eigenvalue weighted by atomic mass is 10.1. The van der Waals surface area contributed by atoms with Gasteiger partial charge in [-0.2, -0.15) is 0 Å². The fourth-order valence-electron chi connectivity index (χ4n) is 1.98. The SMILES string of the molecule is O=C(CSc1cccc(Br)c1)c1coc2ccccc12. The molecule has 0 saturated heterocycles.